The Bertz CT molecular complexity index is 680. The Balaban J connectivity index is 2.26. The summed E-state index contributed by atoms with van der Waals surface area (Å²) in [4.78, 5) is 35.8. The lowest BCUT2D eigenvalue weighted by Gasteiger charge is -2.09. The Kier molecular flexibility index (Phi) is 3.56. The van der Waals surface area contributed by atoms with E-state index < -0.39 is 15.9 Å². The zero-order chi connectivity index (χ0) is 15.6. The van der Waals surface area contributed by atoms with Crippen LogP contribution in [0.25, 0.3) is 0 Å². The van der Waals surface area contributed by atoms with Crippen LogP contribution in [0.3, 0.4) is 0 Å². The molecule has 1 aromatic carbocycles. The monoisotopic (exact) mass is 293 g/mol. The van der Waals surface area contributed by atoms with E-state index in [4.69, 9.17) is 0 Å². The molecule has 0 unspecified atom stereocenters. The van der Waals surface area contributed by atoms with Crippen LogP contribution in [0, 0.1) is 20.2 Å². The predicted molar refractivity (Wildman–Crippen MR) is 69.2 cm³/mol. The molecule has 1 aliphatic rings. The van der Waals surface area contributed by atoms with Crippen LogP contribution in [0.2, 0.25) is 0 Å². The maximum atomic E-state index is 12.0. The molecule has 0 saturated carbocycles. The van der Waals surface area contributed by atoms with Gasteiger partial charge in [0, 0.05) is 12.1 Å². The number of amides is 1. The Morgan fingerprint density at radius 2 is 1.86 bits per heavy atom. The summed E-state index contributed by atoms with van der Waals surface area (Å²) in [5.74, 6) is -0.733. The number of hydrogen-bond acceptors (Lipinski definition) is 8. The molecule has 11 heteroatoms. The molecule has 108 valence electrons. The average Bonchev–Trinajstić information content (AvgIpc) is 2.72. The molecule has 2 rings (SSSR count). The zero-order valence-electron chi connectivity index (χ0n) is 10.5. The van der Waals surface area contributed by atoms with Gasteiger partial charge in [0.2, 0.25) is 0 Å². The molecular weight excluding hydrogens is 286 g/mol. The van der Waals surface area contributed by atoms with Crippen molar-refractivity contribution in [3.05, 3.63) is 44.5 Å². The van der Waals surface area contributed by atoms with E-state index in [9.17, 15) is 25.0 Å². The summed E-state index contributed by atoms with van der Waals surface area (Å²) in [6.45, 7) is 1.42. The minimum Gasteiger partial charge on any atom is -0.262 e. The van der Waals surface area contributed by atoms with Crippen molar-refractivity contribution in [1.29, 1.82) is 0 Å². The Morgan fingerprint density at radius 1 is 1.24 bits per heavy atom. The molecule has 1 heterocycles. The molecule has 1 amide bonds. The highest BCUT2D eigenvalue weighted by Crippen LogP contribution is 2.22. The highest BCUT2D eigenvalue weighted by atomic mass is 17.0. The summed E-state index contributed by atoms with van der Waals surface area (Å²) in [7, 11) is 0. The molecular formula is C10H7N5O6. The second-order valence-corrected chi connectivity index (χ2v) is 3.82. The van der Waals surface area contributed by atoms with Crippen LogP contribution in [0.4, 0.5) is 11.4 Å². The first-order valence-corrected chi connectivity index (χ1v) is 5.44. The molecule has 1 aliphatic heterocycles. The fraction of sp³-hybridized carbons (Fsp3) is 0.100. The van der Waals surface area contributed by atoms with Gasteiger partial charge in [0.1, 0.15) is 5.71 Å². The van der Waals surface area contributed by atoms with Crippen LogP contribution in [-0.2, 0) is 9.73 Å². The number of anilines is 1. The van der Waals surface area contributed by atoms with Gasteiger partial charge in [-0.2, -0.15) is 15.0 Å². The van der Waals surface area contributed by atoms with Crippen molar-refractivity contribution in [3.8, 4) is 0 Å². The van der Waals surface area contributed by atoms with Gasteiger partial charge in [0.25, 0.3) is 11.4 Å². The fourth-order valence-electron chi connectivity index (χ4n) is 1.57. The van der Waals surface area contributed by atoms with Crippen LogP contribution in [-0.4, -0.2) is 27.3 Å². The summed E-state index contributed by atoms with van der Waals surface area (Å²) in [6.07, 6.45) is 0. The van der Waals surface area contributed by atoms with Crippen LogP contribution >= 0.6 is 0 Å². The molecule has 0 atom stereocenters. The molecule has 0 saturated heterocycles. The lowest BCUT2D eigenvalue weighted by atomic mass is 10.2. The van der Waals surface area contributed by atoms with Crippen LogP contribution in [0.5, 0.6) is 0 Å². The van der Waals surface area contributed by atoms with Crippen LogP contribution in [0.1, 0.15) is 6.92 Å². The SMILES string of the molecule is CC1=NN(c2ccc([N+](=O)[O-])cc2)C(=O)/C1=N/O[N+](=O)[O-]. The number of nitro benzene ring substituents is 1. The maximum Gasteiger partial charge on any atom is 0.327 e. The number of hydrogen-bond donors (Lipinski definition) is 0. The van der Waals surface area contributed by atoms with E-state index in [0.717, 1.165) is 5.01 Å². The number of non-ortho nitro benzene ring substituents is 1. The average molecular weight is 293 g/mol. The summed E-state index contributed by atoms with van der Waals surface area (Å²) >= 11 is 0. The minimum atomic E-state index is -1.16. The van der Waals surface area contributed by atoms with Gasteiger partial charge in [-0.1, -0.05) is 0 Å². The fourth-order valence-corrected chi connectivity index (χ4v) is 1.57. The van der Waals surface area contributed by atoms with Gasteiger partial charge in [-0.25, -0.2) is 10.1 Å². The topological polar surface area (TPSA) is 141 Å². The summed E-state index contributed by atoms with van der Waals surface area (Å²) in [6, 6.07) is 5.06. The zero-order valence-corrected chi connectivity index (χ0v) is 10.5. The van der Waals surface area contributed by atoms with E-state index in [-0.39, 0.29) is 22.8 Å². The van der Waals surface area contributed by atoms with Gasteiger partial charge < -0.3 is 0 Å². The third kappa shape index (κ3) is 2.80. The first-order chi connectivity index (χ1) is 9.90. The summed E-state index contributed by atoms with van der Waals surface area (Å²) in [5, 5.41) is 27.3. The molecule has 0 aromatic heterocycles. The number of oxime groups is 1. The number of nitro groups is 1. The standard InChI is InChI=1S/C10H7N5O6/c1-6-9(12-21-15(19)20)10(16)13(11-6)7-2-4-8(5-3-7)14(17)18/h2-5H,1H3/b12-9+. The lowest BCUT2D eigenvalue weighted by Crippen LogP contribution is -2.27. The van der Waals surface area contributed by atoms with Gasteiger partial charge in [0.15, 0.2) is 5.09 Å². The number of benzene rings is 1. The predicted octanol–water partition coefficient (Wildman–Crippen LogP) is 0.882. The van der Waals surface area contributed by atoms with E-state index in [1.807, 2.05) is 0 Å². The van der Waals surface area contributed by atoms with E-state index >= 15 is 0 Å². The normalized spacial score (nSPS) is 16.0. The van der Waals surface area contributed by atoms with E-state index in [1.165, 1.54) is 31.2 Å². The molecule has 0 N–H and O–H groups in total. The molecule has 0 radical (unpaired) electrons. The second-order valence-electron chi connectivity index (χ2n) is 3.82. The van der Waals surface area contributed by atoms with Crippen LogP contribution < -0.4 is 5.01 Å². The Hall–Kier alpha value is -3.37. The van der Waals surface area contributed by atoms with E-state index in [2.05, 4.69) is 15.2 Å². The number of nitrogens with zero attached hydrogens (tertiary/aromatic N) is 5. The van der Waals surface area contributed by atoms with Crippen molar-refractivity contribution >= 4 is 28.7 Å². The smallest absolute Gasteiger partial charge is 0.262 e. The van der Waals surface area contributed by atoms with Crippen molar-refractivity contribution in [2.45, 2.75) is 6.92 Å². The van der Waals surface area contributed by atoms with E-state index in [1.54, 1.807) is 0 Å². The minimum absolute atomic E-state index is 0.125. The lowest BCUT2D eigenvalue weighted by molar-refractivity contribution is -0.760. The quantitative estimate of drug-likeness (QED) is 0.596. The van der Waals surface area contributed by atoms with Gasteiger partial charge in [-0.05, 0) is 19.1 Å². The van der Waals surface area contributed by atoms with Gasteiger partial charge >= 0.3 is 5.91 Å². The summed E-state index contributed by atoms with van der Waals surface area (Å²) in [5.41, 5.74) is -0.0711. The van der Waals surface area contributed by atoms with Crippen molar-refractivity contribution in [3.63, 3.8) is 0 Å². The molecule has 0 fully saturated rings. The molecule has 0 aliphatic carbocycles. The molecule has 1 aromatic rings. The maximum absolute atomic E-state index is 12.0. The first-order valence-electron chi connectivity index (χ1n) is 5.44. The number of carbonyl (C=O) groups excluding carboxylic acids is 1. The second kappa shape index (κ2) is 5.32. The van der Waals surface area contributed by atoms with Gasteiger partial charge in [0.05, 0.1) is 15.8 Å². The van der Waals surface area contributed by atoms with Crippen molar-refractivity contribution in [2.24, 2.45) is 10.3 Å². The van der Waals surface area contributed by atoms with Crippen LogP contribution in [0.15, 0.2) is 34.5 Å². The highest BCUT2D eigenvalue weighted by molar-refractivity contribution is 6.71. The number of hydrazone groups is 1. The molecule has 21 heavy (non-hydrogen) atoms. The highest BCUT2D eigenvalue weighted by Gasteiger charge is 2.35. The summed E-state index contributed by atoms with van der Waals surface area (Å²) < 4.78 is 0. The van der Waals surface area contributed by atoms with Gasteiger partial charge in [-0.3, -0.25) is 14.9 Å². The first kappa shape index (κ1) is 14.0. The van der Waals surface area contributed by atoms with Gasteiger partial charge in [-0.15, -0.1) is 0 Å². The molecule has 0 spiro atoms. The van der Waals surface area contributed by atoms with E-state index in [0.29, 0.717) is 0 Å². The third-order valence-corrected chi connectivity index (χ3v) is 2.49. The molecule has 0 bridgehead atoms. The largest absolute Gasteiger partial charge is 0.327 e. The Morgan fingerprint density at radius 3 is 2.38 bits per heavy atom. The van der Waals surface area contributed by atoms with Crippen molar-refractivity contribution in [2.75, 3.05) is 5.01 Å². The Labute approximate surface area is 116 Å². The number of carbonyl (C=O) groups is 1. The molecule has 11 nitrogen and oxygen atoms in total. The van der Waals surface area contributed by atoms with Crippen molar-refractivity contribution < 1.29 is 19.7 Å². The third-order valence-electron chi connectivity index (χ3n) is 2.49. The number of rotatable bonds is 4. The van der Waals surface area contributed by atoms with Crippen molar-refractivity contribution in [1.82, 2.24) is 0 Å².